The van der Waals surface area contributed by atoms with Crippen LogP contribution >= 0.6 is 24.0 Å². The van der Waals surface area contributed by atoms with Crippen molar-refractivity contribution in [2.45, 2.75) is 65.0 Å². The van der Waals surface area contributed by atoms with Gasteiger partial charge in [-0.3, -0.25) is 4.99 Å². The summed E-state index contributed by atoms with van der Waals surface area (Å²) in [6, 6.07) is 9.43. The van der Waals surface area contributed by atoms with Crippen LogP contribution in [0.25, 0.3) is 0 Å². The molecule has 0 radical (unpaired) electrons. The molecule has 160 valence electrons. The summed E-state index contributed by atoms with van der Waals surface area (Å²) in [6.07, 6.45) is 2.34. The van der Waals surface area contributed by atoms with Crippen molar-refractivity contribution in [3.63, 3.8) is 0 Å². The molecule has 0 aromatic heterocycles. The van der Waals surface area contributed by atoms with Gasteiger partial charge in [0.05, 0.1) is 13.7 Å². The summed E-state index contributed by atoms with van der Waals surface area (Å²) >= 11 is 0. The number of likely N-dealkylation sites (tertiary alicyclic amines) is 1. The fourth-order valence-corrected chi connectivity index (χ4v) is 3.49. The van der Waals surface area contributed by atoms with Crippen molar-refractivity contribution in [3.05, 3.63) is 29.8 Å². The van der Waals surface area contributed by atoms with E-state index in [1.165, 1.54) is 18.4 Å². The lowest BCUT2D eigenvalue weighted by Gasteiger charge is -2.35. The molecule has 0 atom stereocenters. The van der Waals surface area contributed by atoms with Gasteiger partial charge in [0.25, 0.3) is 0 Å². The summed E-state index contributed by atoms with van der Waals surface area (Å²) < 4.78 is 5.38. The second-order valence-corrected chi connectivity index (χ2v) is 8.36. The smallest absolute Gasteiger partial charge is 0.191 e. The van der Waals surface area contributed by atoms with E-state index in [0.29, 0.717) is 12.1 Å². The summed E-state index contributed by atoms with van der Waals surface area (Å²) in [7, 11) is 1.71. The predicted molar refractivity (Wildman–Crippen MR) is 130 cm³/mol. The van der Waals surface area contributed by atoms with Crippen LogP contribution in [0.5, 0.6) is 5.75 Å². The van der Waals surface area contributed by atoms with Crippen LogP contribution in [0.1, 0.15) is 53.0 Å². The van der Waals surface area contributed by atoms with Crippen molar-refractivity contribution >= 4 is 29.9 Å². The van der Waals surface area contributed by atoms with Gasteiger partial charge in [-0.05, 0) is 51.3 Å². The van der Waals surface area contributed by atoms with Crippen LogP contribution in [0.3, 0.4) is 0 Å². The summed E-state index contributed by atoms with van der Waals surface area (Å²) in [5.74, 6) is 1.82. The quantitative estimate of drug-likeness (QED) is 0.336. The van der Waals surface area contributed by atoms with E-state index in [0.717, 1.165) is 37.9 Å². The van der Waals surface area contributed by atoms with E-state index in [1.54, 1.807) is 7.11 Å². The zero-order chi connectivity index (χ0) is 19.9. The van der Waals surface area contributed by atoms with Crippen molar-refractivity contribution in [1.29, 1.82) is 0 Å². The predicted octanol–water partition coefficient (Wildman–Crippen LogP) is 4.02. The molecule has 2 N–H and O–H groups in total. The number of guanidine groups is 1. The fraction of sp³-hybridized carbons (Fsp3) is 0.682. The Morgan fingerprint density at radius 2 is 1.96 bits per heavy atom. The lowest BCUT2D eigenvalue weighted by atomic mass is 9.84. The maximum Gasteiger partial charge on any atom is 0.191 e. The Labute approximate surface area is 188 Å². The molecule has 2 rings (SSSR count). The average Bonchev–Trinajstić information content (AvgIpc) is 2.67. The molecule has 28 heavy (non-hydrogen) atoms. The van der Waals surface area contributed by atoms with E-state index in [1.807, 2.05) is 12.1 Å². The van der Waals surface area contributed by atoms with Gasteiger partial charge in [-0.25, -0.2) is 0 Å². The average molecular weight is 502 g/mol. The summed E-state index contributed by atoms with van der Waals surface area (Å²) in [4.78, 5) is 7.46. The molecule has 0 spiro atoms. The second-order valence-electron chi connectivity index (χ2n) is 8.36. The van der Waals surface area contributed by atoms with Crippen molar-refractivity contribution in [2.75, 3.05) is 33.3 Å². The van der Waals surface area contributed by atoms with E-state index < -0.39 is 0 Å². The third kappa shape index (κ3) is 7.43. The van der Waals surface area contributed by atoms with Gasteiger partial charge >= 0.3 is 0 Å². The maximum atomic E-state index is 5.38. The van der Waals surface area contributed by atoms with Crippen LogP contribution in [0.4, 0.5) is 0 Å². The number of benzene rings is 1. The normalized spacial score (nSPS) is 16.6. The highest BCUT2D eigenvalue weighted by Crippen LogP contribution is 2.26. The number of nitrogens with zero attached hydrogens (tertiary/aromatic N) is 2. The second kappa shape index (κ2) is 11.9. The van der Waals surface area contributed by atoms with Crippen LogP contribution in [0.15, 0.2) is 29.3 Å². The minimum absolute atomic E-state index is 0. The Morgan fingerprint density at radius 3 is 2.54 bits per heavy atom. The number of halogens is 1. The highest BCUT2D eigenvalue weighted by molar-refractivity contribution is 14.0. The van der Waals surface area contributed by atoms with E-state index in [-0.39, 0.29) is 29.4 Å². The standard InChI is InChI=1S/C22H38N4O.HI/c1-7-23-21(25-19-11-13-26(14-12-19)17(2)3)24-16-22(4,5)18-9-8-10-20(15-18)27-6;/h8-10,15,17,19H,7,11-14,16H2,1-6H3,(H2,23,24,25);1H. The molecule has 1 aliphatic rings. The zero-order valence-corrected chi connectivity index (χ0v) is 20.7. The van der Waals surface area contributed by atoms with Crippen molar-refractivity contribution < 1.29 is 4.74 Å². The molecule has 5 nitrogen and oxygen atoms in total. The molecule has 1 aromatic rings. The molecule has 0 bridgehead atoms. The first kappa shape index (κ1) is 25.0. The number of hydrogen-bond donors (Lipinski definition) is 2. The number of piperidine rings is 1. The molecule has 1 aromatic carbocycles. The summed E-state index contributed by atoms with van der Waals surface area (Å²) in [6.45, 7) is 15.0. The number of nitrogens with one attached hydrogen (secondary N) is 2. The summed E-state index contributed by atoms with van der Waals surface area (Å²) in [5, 5.41) is 7.06. The molecular weight excluding hydrogens is 463 g/mol. The number of aliphatic imine (C=N–C) groups is 1. The van der Waals surface area contributed by atoms with Crippen LogP contribution in [0.2, 0.25) is 0 Å². The Bertz CT molecular complexity index is 610. The molecular formula is C22H39IN4O. The van der Waals surface area contributed by atoms with Crippen LogP contribution in [-0.4, -0.2) is 56.2 Å². The number of rotatable bonds is 7. The Kier molecular flexibility index (Phi) is 10.6. The van der Waals surface area contributed by atoms with Crippen molar-refractivity contribution in [2.24, 2.45) is 4.99 Å². The summed E-state index contributed by atoms with van der Waals surface area (Å²) in [5.41, 5.74) is 1.18. The Hall–Kier alpha value is -1.02. The van der Waals surface area contributed by atoms with E-state index in [9.17, 15) is 0 Å². The van der Waals surface area contributed by atoms with Gasteiger partial charge in [0.2, 0.25) is 0 Å². The SMILES string of the molecule is CCNC(=NCC(C)(C)c1cccc(OC)c1)NC1CCN(C(C)C)CC1.I. The van der Waals surface area contributed by atoms with Gasteiger partial charge in [-0.15, -0.1) is 24.0 Å². The molecule has 1 aliphatic heterocycles. The number of methoxy groups -OCH3 is 1. The van der Waals surface area contributed by atoms with Crippen molar-refractivity contribution in [1.82, 2.24) is 15.5 Å². The van der Waals surface area contributed by atoms with E-state index in [4.69, 9.17) is 9.73 Å². The van der Waals surface area contributed by atoms with Gasteiger partial charge in [0, 0.05) is 37.1 Å². The molecule has 1 saturated heterocycles. The van der Waals surface area contributed by atoms with Crippen LogP contribution < -0.4 is 15.4 Å². The number of ether oxygens (including phenoxy) is 1. The van der Waals surface area contributed by atoms with Crippen LogP contribution in [0, 0.1) is 0 Å². The molecule has 0 amide bonds. The first-order valence-electron chi connectivity index (χ1n) is 10.3. The fourth-order valence-electron chi connectivity index (χ4n) is 3.49. The van der Waals surface area contributed by atoms with Gasteiger partial charge < -0.3 is 20.3 Å². The Morgan fingerprint density at radius 1 is 1.29 bits per heavy atom. The van der Waals surface area contributed by atoms with Crippen LogP contribution in [-0.2, 0) is 5.41 Å². The van der Waals surface area contributed by atoms with Crippen molar-refractivity contribution in [3.8, 4) is 5.75 Å². The molecule has 1 heterocycles. The topological polar surface area (TPSA) is 48.9 Å². The highest BCUT2D eigenvalue weighted by atomic mass is 127. The third-order valence-corrected chi connectivity index (χ3v) is 5.43. The van der Waals surface area contributed by atoms with E-state index in [2.05, 4.69) is 62.3 Å². The van der Waals surface area contributed by atoms with Gasteiger partial charge in [0.1, 0.15) is 5.75 Å². The van der Waals surface area contributed by atoms with Gasteiger partial charge in [-0.2, -0.15) is 0 Å². The first-order valence-corrected chi connectivity index (χ1v) is 10.3. The minimum Gasteiger partial charge on any atom is -0.497 e. The molecule has 1 fully saturated rings. The maximum absolute atomic E-state index is 5.38. The largest absolute Gasteiger partial charge is 0.497 e. The van der Waals surface area contributed by atoms with E-state index >= 15 is 0 Å². The minimum atomic E-state index is -0.0576. The zero-order valence-electron chi connectivity index (χ0n) is 18.4. The third-order valence-electron chi connectivity index (χ3n) is 5.43. The molecule has 6 heteroatoms. The highest BCUT2D eigenvalue weighted by Gasteiger charge is 2.23. The molecule has 0 unspecified atom stereocenters. The van der Waals surface area contributed by atoms with Gasteiger partial charge in [-0.1, -0.05) is 26.0 Å². The molecule has 0 aliphatic carbocycles. The number of hydrogen-bond acceptors (Lipinski definition) is 3. The Balaban J connectivity index is 0.00000392. The lowest BCUT2D eigenvalue weighted by molar-refractivity contribution is 0.167. The molecule has 0 saturated carbocycles. The van der Waals surface area contributed by atoms with Gasteiger partial charge in [0.15, 0.2) is 5.96 Å². The lowest BCUT2D eigenvalue weighted by Crippen LogP contribution is -2.50. The first-order chi connectivity index (χ1) is 12.9. The monoisotopic (exact) mass is 502 g/mol.